The minimum atomic E-state index is -1.10. The Labute approximate surface area is 99.4 Å². The third-order valence-electron chi connectivity index (χ3n) is 2.20. The topological polar surface area (TPSA) is 75.6 Å². The molecule has 1 aromatic carbocycles. The smallest absolute Gasteiger partial charge is 0.408 e. The average Bonchev–Trinajstić information content (AvgIpc) is 2.28. The molecule has 1 unspecified atom stereocenters. The first-order chi connectivity index (χ1) is 7.99. The highest BCUT2D eigenvalue weighted by atomic mass is 16.5. The lowest BCUT2D eigenvalue weighted by Crippen LogP contribution is -2.38. The SMILES string of the molecule is Cc1ccc(COC(=O)NC(C)C(=O)O)cc1. The quantitative estimate of drug-likeness (QED) is 0.835. The molecule has 1 atom stereocenters. The van der Waals surface area contributed by atoms with Crippen molar-refractivity contribution < 1.29 is 19.4 Å². The van der Waals surface area contributed by atoms with Gasteiger partial charge in [-0.3, -0.25) is 4.79 Å². The first-order valence-corrected chi connectivity index (χ1v) is 5.20. The molecule has 92 valence electrons. The van der Waals surface area contributed by atoms with Gasteiger partial charge in [-0.1, -0.05) is 29.8 Å². The van der Waals surface area contributed by atoms with Crippen LogP contribution in [0.15, 0.2) is 24.3 Å². The Morgan fingerprint density at radius 1 is 1.35 bits per heavy atom. The normalized spacial score (nSPS) is 11.6. The summed E-state index contributed by atoms with van der Waals surface area (Å²) in [5.74, 6) is -1.10. The van der Waals surface area contributed by atoms with Gasteiger partial charge in [0.2, 0.25) is 0 Å². The molecule has 2 N–H and O–H groups in total. The van der Waals surface area contributed by atoms with Gasteiger partial charge in [-0.25, -0.2) is 4.79 Å². The number of carboxylic acid groups (broad SMARTS) is 1. The van der Waals surface area contributed by atoms with Gasteiger partial charge in [-0.15, -0.1) is 0 Å². The number of hydrogen-bond donors (Lipinski definition) is 2. The van der Waals surface area contributed by atoms with Crippen LogP contribution in [0.25, 0.3) is 0 Å². The van der Waals surface area contributed by atoms with Crippen LogP contribution in [0.5, 0.6) is 0 Å². The molecule has 1 amide bonds. The maximum Gasteiger partial charge on any atom is 0.408 e. The van der Waals surface area contributed by atoms with E-state index in [0.29, 0.717) is 0 Å². The van der Waals surface area contributed by atoms with Crippen molar-refractivity contribution in [3.05, 3.63) is 35.4 Å². The van der Waals surface area contributed by atoms with Crippen LogP contribution < -0.4 is 5.32 Å². The Bertz CT molecular complexity index is 399. The van der Waals surface area contributed by atoms with E-state index < -0.39 is 18.1 Å². The lowest BCUT2D eigenvalue weighted by molar-refractivity contribution is -0.138. The minimum absolute atomic E-state index is 0.123. The first-order valence-electron chi connectivity index (χ1n) is 5.20. The molecule has 1 aromatic rings. The number of ether oxygens (including phenoxy) is 1. The number of carboxylic acids is 1. The standard InChI is InChI=1S/C12H15NO4/c1-8-3-5-10(6-4-8)7-17-12(16)13-9(2)11(14)15/h3-6,9H,7H2,1-2H3,(H,13,16)(H,14,15). The molecule has 0 fully saturated rings. The molecule has 0 saturated carbocycles. The molecule has 0 heterocycles. The second-order valence-corrected chi connectivity index (χ2v) is 3.77. The number of hydrogen-bond acceptors (Lipinski definition) is 3. The molecule has 0 aliphatic carbocycles. The number of nitrogens with one attached hydrogen (secondary N) is 1. The number of aliphatic carboxylic acids is 1. The van der Waals surface area contributed by atoms with Gasteiger partial charge >= 0.3 is 12.1 Å². The summed E-state index contributed by atoms with van der Waals surface area (Å²) < 4.78 is 4.88. The zero-order valence-electron chi connectivity index (χ0n) is 9.77. The van der Waals surface area contributed by atoms with Crippen molar-refractivity contribution >= 4 is 12.1 Å². The fourth-order valence-electron chi connectivity index (χ4n) is 1.11. The first kappa shape index (κ1) is 13.0. The van der Waals surface area contributed by atoms with Crippen LogP contribution in [-0.2, 0) is 16.1 Å². The molecule has 0 radical (unpaired) electrons. The van der Waals surface area contributed by atoms with E-state index in [9.17, 15) is 9.59 Å². The molecule has 5 nitrogen and oxygen atoms in total. The lowest BCUT2D eigenvalue weighted by atomic mass is 10.2. The van der Waals surface area contributed by atoms with Gasteiger partial charge in [-0.05, 0) is 19.4 Å². The maximum absolute atomic E-state index is 11.2. The number of rotatable bonds is 4. The lowest BCUT2D eigenvalue weighted by Gasteiger charge is -2.10. The van der Waals surface area contributed by atoms with E-state index >= 15 is 0 Å². The molecular formula is C12H15NO4. The summed E-state index contributed by atoms with van der Waals surface area (Å²) in [6, 6.07) is 6.57. The predicted molar refractivity (Wildman–Crippen MR) is 61.6 cm³/mol. The Kier molecular flexibility index (Phi) is 4.51. The molecule has 0 bridgehead atoms. The van der Waals surface area contributed by atoms with Gasteiger partial charge in [0, 0.05) is 0 Å². The number of alkyl carbamates (subject to hydrolysis) is 1. The Hall–Kier alpha value is -2.04. The maximum atomic E-state index is 11.2. The van der Waals surface area contributed by atoms with Crippen molar-refractivity contribution in [3.8, 4) is 0 Å². The van der Waals surface area contributed by atoms with Crippen LogP contribution in [0.2, 0.25) is 0 Å². The highest BCUT2D eigenvalue weighted by molar-refractivity contribution is 5.79. The summed E-state index contributed by atoms with van der Waals surface area (Å²) in [6.45, 7) is 3.46. The molecule has 0 aliphatic rings. The Morgan fingerprint density at radius 2 is 1.94 bits per heavy atom. The van der Waals surface area contributed by atoms with E-state index in [0.717, 1.165) is 11.1 Å². The largest absolute Gasteiger partial charge is 0.480 e. The number of carbonyl (C=O) groups is 2. The molecule has 0 aromatic heterocycles. The van der Waals surface area contributed by atoms with Crippen molar-refractivity contribution in [1.29, 1.82) is 0 Å². The van der Waals surface area contributed by atoms with Crippen molar-refractivity contribution in [2.75, 3.05) is 0 Å². The van der Waals surface area contributed by atoms with E-state index in [1.54, 1.807) is 0 Å². The van der Waals surface area contributed by atoms with Gasteiger partial charge in [0.05, 0.1) is 0 Å². The van der Waals surface area contributed by atoms with Crippen LogP contribution in [-0.4, -0.2) is 23.2 Å². The highest BCUT2D eigenvalue weighted by Crippen LogP contribution is 2.04. The van der Waals surface area contributed by atoms with E-state index in [4.69, 9.17) is 9.84 Å². The fourth-order valence-corrected chi connectivity index (χ4v) is 1.11. The molecule has 5 heteroatoms. The van der Waals surface area contributed by atoms with Crippen LogP contribution >= 0.6 is 0 Å². The molecule has 0 aliphatic heterocycles. The second-order valence-electron chi connectivity index (χ2n) is 3.77. The van der Waals surface area contributed by atoms with Crippen LogP contribution in [0.3, 0.4) is 0 Å². The molecule has 17 heavy (non-hydrogen) atoms. The predicted octanol–water partition coefficient (Wildman–Crippen LogP) is 1.69. The van der Waals surface area contributed by atoms with Gasteiger partial charge in [0.15, 0.2) is 0 Å². The molecule has 0 saturated heterocycles. The third-order valence-corrected chi connectivity index (χ3v) is 2.20. The zero-order valence-corrected chi connectivity index (χ0v) is 9.77. The molecule has 0 spiro atoms. The van der Waals surface area contributed by atoms with Crippen molar-refractivity contribution in [2.24, 2.45) is 0 Å². The van der Waals surface area contributed by atoms with Gasteiger partial charge in [0.25, 0.3) is 0 Å². The van der Waals surface area contributed by atoms with Gasteiger partial charge in [-0.2, -0.15) is 0 Å². The van der Waals surface area contributed by atoms with E-state index in [1.807, 2.05) is 31.2 Å². The zero-order chi connectivity index (χ0) is 12.8. The number of benzene rings is 1. The Balaban J connectivity index is 2.38. The monoisotopic (exact) mass is 237 g/mol. The Morgan fingerprint density at radius 3 is 2.47 bits per heavy atom. The summed E-state index contributed by atoms with van der Waals surface area (Å²) in [7, 11) is 0. The second kappa shape index (κ2) is 5.89. The van der Waals surface area contributed by atoms with Gasteiger partial charge in [0.1, 0.15) is 12.6 Å². The summed E-state index contributed by atoms with van der Waals surface area (Å²) in [5, 5.41) is 10.8. The van der Waals surface area contributed by atoms with E-state index in [2.05, 4.69) is 5.32 Å². The van der Waals surface area contributed by atoms with Crippen LogP contribution in [0, 0.1) is 6.92 Å². The summed E-state index contributed by atoms with van der Waals surface area (Å²) >= 11 is 0. The number of amides is 1. The number of carbonyl (C=O) groups excluding carboxylic acids is 1. The van der Waals surface area contributed by atoms with Crippen LogP contribution in [0.4, 0.5) is 4.79 Å². The average molecular weight is 237 g/mol. The summed E-state index contributed by atoms with van der Waals surface area (Å²) in [6.07, 6.45) is -0.736. The highest BCUT2D eigenvalue weighted by Gasteiger charge is 2.14. The van der Waals surface area contributed by atoms with Crippen molar-refractivity contribution in [2.45, 2.75) is 26.5 Å². The van der Waals surface area contributed by atoms with Crippen molar-refractivity contribution in [1.82, 2.24) is 5.32 Å². The molecule has 1 rings (SSSR count). The van der Waals surface area contributed by atoms with E-state index in [-0.39, 0.29) is 6.61 Å². The minimum Gasteiger partial charge on any atom is -0.480 e. The summed E-state index contributed by atoms with van der Waals surface area (Å²) in [5.41, 5.74) is 1.98. The van der Waals surface area contributed by atoms with Crippen LogP contribution in [0.1, 0.15) is 18.1 Å². The number of aryl methyl sites for hydroxylation is 1. The molecular weight excluding hydrogens is 222 g/mol. The summed E-state index contributed by atoms with van der Waals surface area (Å²) in [4.78, 5) is 21.7. The fraction of sp³-hybridized carbons (Fsp3) is 0.333. The van der Waals surface area contributed by atoms with E-state index in [1.165, 1.54) is 6.92 Å². The van der Waals surface area contributed by atoms with Gasteiger partial charge < -0.3 is 15.2 Å². The van der Waals surface area contributed by atoms with Crippen molar-refractivity contribution in [3.63, 3.8) is 0 Å². The third kappa shape index (κ3) is 4.55.